The maximum absolute atomic E-state index is 6.13. The number of benzene rings is 2. The Bertz CT molecular complexity index is 1420. The first-order valence-electron chi connectivity index (χ1n) is 10.1. The second-order valence-electron chi connectivity index (χ2n) is 7.52. The number of hydrogen-bond donors (Lipinski definition) is 2. The minimum absolute atomic E-state index is 0.790. The summed E-state index contributed by atoms with van der Waals surface area (Å²) in [6.45, 7) is 3.95. The molecule has 6 rings (SSSR count). The standard InChI is InChI=1S/C23H19N5OS2/c1-13-8-14(2-4-18(13)29-15-3-5-19-17(9-15)27-12-30-19)28-22-21-16-6-7-24-10-20(16)31-23(21)26-11-25-22/h2-5,8-9,11-12,24H,6-7,10H2,1H3,(H,25,26,28). The highest BCUT2D eigenvalue weighted by molar-refractivity contribution is 7.19. The first kappa shape index (κ1) is 18.7. The Morgan fingerprint density at radius 3 is 3.00 bits per heavy atom. The van der Waals surface area contributed by atoms with Crippen LogP contribution in [0.5, 0.6) is 11.5 Å². The second kappa shape index (κ2) is 7.56. The van der Waals surface area contributed by atoms with E-state index in [0.29, 0.717) is 0 Å². The number of ether oxygens (including phenoxy) is 1. The molecule has 0 saturated carbocycles. The van der Waals surface area contributed by atoms with Crippen molar-refractivity contribution >= 4 is 54.6 Å². The molecule has 8 heteroatoms. The van der Waals surface area contributed by atoms with E-state index in [1.54, 1.807) is 29.0 Å². The highest BCUT2D eigenvalue weighted by atomic mass is 32.1. The van der Waals surface area contributed by atoms with Crippen molar-refractivity contribution in [2.75, 3.05) is 11.9 Å². The zero-order valence-electron chi connectivity index (χ0n) is 16.8. The van der Waals surface area contributed by atoms with Crippen LogP contribution in [0, 0.1) is 6.92 Å². The fraction of sp³-hybridized carbons (Fsp3) is 0.174. The van der Waals surface area contributed by atoms with Gasteiger partial charge in [0.2, 0.25) is 0 Å². The van der Waals surface area contributed by atoms with Crippen molar-refractivity contribution < 1.29 is 4.74 Å². The van der Waals surface area contributed by atoms with Crippen molar-refractivity contribution in [1.29, 1.82) is 0 Å². The topological polar surface area (TPSA) is 72.0 Å². The summed E-state index contributed by atoms with van der Waals surface area (Å²) in [5.74, 6) is 2.48. The van der Waals surface area contributed by atoms with E-state index >= 15 is 0 Å². The van der Waals surface area contributed by atoms with Crippen LogP contribution in [0.1, 0.15) is 16.0 Å². The number of aromatic nitrogens is 3. The van der Waals surface area contributed by atoms with Crippen LogP contribution in [0.4, 0.5) is 11.5 Å². The normalized spacial score (nSPS) is 13.5. The molecule has 0 radical (unpaired) electrons. The molecule has 0 amide bonds. The van der Waals surface area contributed by atoms with Crippen LogP contribution >= 0.6 is 22.7 Å². The van der Waals surface area contributed by atoms with E-state index in [4.69, 9.17) is 4.74 Å². The maximum atomic E-state index is 6.13. The molecule has 0 saturated heterocycles. The average Bonchev–Trinajstić information content (AvgIpc) is 3.40. The van der Waals surface area contributed by atoms with Gasteiger partial charge in [0, 0.05) is 23.2 Å². The van der Waals surface area contributed by atoms with Crippen molar-refractivity contribution in [2.24, 2.45) is 0 Å². The third kappa shape index (κ3) is 3.42. The van der Waals surface area contributed by atoms with Gasteiger partial charge < -0.3 is 15.4 Å². The van der Waals surface area contributed by atoms with Crippen LogP contribution in [0.25, 0.3) is 20.4 Å². The molecule has 0 unspecified atom stereocenters. The number of fused-ring (bicyclic) bond motifs is 4. The van der Waals surface area contributed by atoms with Crippen LogP contribution < -0.4 is 15.4 Å². The summed E-state index contributed by atoms with van der Waals surface area (Å²) in [5, 5.41) is 8.10. The van der Waals surface area contributed by atoms with Gasteiger partial charge in [0.15, 0.2) is 0 Å². The minimum Gasteiger partial charge on any atom is -0.457 e. The van der Waals surface area contributed by atoms with Crippen LogP contribution in [-0.2, 0) is 13.0 Å². The van der Waals surface area contributed by atoms with Crippen molar-refractivity contribution in [3.8, 4) is 11.5 Å². The number of aryl methyl sites for hydroxylation is 1. The number of nitrogens with one attached hydrogen (secondary N) is 2. The maximum Gasteiger partial charge on any atom is 0.142 e. The van der Waals surface area contributed by atoms with Crippen molar-refractivity contribution in [1.82, 2.24) is 20.3 Å². The summed E-state index contributed by atoms with van der Waals surface area (Å²) in [4.78, 5) is 15.8. The van der Waals surface area contributed by atoms with Crippen LogP contribution in [0.3, 0.4) is 0 Å². The lowest BCUT2D eigenvalue weighted by Crippen LogP contribution is -2.22. The van der Waals surface area contributed by atoms with E-state index in [9.17, 15) is 0 Å². The molecule has 1 aliphatic heterocycles. The summed E-state index contributed by atoms with van der Waals surface area (Å²) < 4.78 is 7.29. The number of thiophene rings is 1. The minimum atomic E-state index is 0.790. The Balaban J connectivity index is 1.29. The summed E-state index contributed by atoms with van der Waals surface area (Å²) in [7, 11) is 0. The molecule has 0 aliphatic carbocycles. The van der Waals surface area contributed by atoms with E-state index < -0.39 is 0 Å². The Morgan fingerprint density at radius 1 is 1.10 bits per heavy atom. The predicted octanol–water partition coefficient (Wildman–Crippen LogP) is 5.79. The molecule has 6 nitrogen and oxygen atoms in total. The second-order valence-corrected chi connectivity index (χ2v) is 9.49. The van der Waals surface area contributed by atoms with Gasteiger partial charge in [-0.3, -0.25) is 0 Å². The van der Waals surface area contributed by atoms with Crippen LogP contribution in [0.15, 0.2) is 48.2 Å². The van der Waals surface area contributed by atoms with Gasteiger partial charge in [-0.2, -0.15) is 0 Å². The average molecular weight is 446 g/mol. The summed E-state index contributed by atoms with van der Waals surface area (Å²) >= 11 is 3.38. The molecule has 0 spiro atoms. The van der Waals surface area contributed by atoms with Gasteiger partial charge in [0.1, 0.15) is 28.5 Å². The Labute approximate surface area is 187 Å². The fourth-order valence-corrected chi connectivity index (χ4v) is 5.78. The molecule has 5 aromatic rings. The number of hydrogen-bond acceptors (Lipinski definition) is 8. The highest BCUT2D eigenvalue weighted by Crippen LogP contribution is 2.37. The molecule has 31 heavy (non-hydrogen) atoms. The van der Waals surface area contributed by atoms with Crippen LogP contribution in [-0.4, -0.2) is 21.5 Å². The fourth-order valence-electron chi connectivity index (χ4n) is 3.96. The molecule has 1 aliphatic rings. The largest absolute Gasteiger partial charge is 0.457 e. The number of nitrogens with zero attached hydrogens (tertiary/aromatic N) is 3. The SMILES string of the molecule is Cc1cc(Nc2ncnc3sc4c(c23)CCNC4)ccc1Oc1ccc2scnc2c1. The van der Waals surface area contributed by atoms with Crippen molar-refractivity contribution in [3.63, 3.8) is 0 Å². The zero-order valence-corrected chi connectivity index (χ0v) is 18.4. The van der Waals surface area contributed by atoms with Gasteiger partial charge in [-0.25, -0.2) is 15.0 Å². The van der Waals surface area contributed by atoms with E-state index in [1.165, 1.54) is 10.4 Å². The number of anilines is 2. The monoisotopic (exact) mass is 445 g/mol. The molecular formula is C23H19N5OS2. The van der Waals surface area contributed by atoms with Gasteiger partial charge >= 0.3 is 0 Å². The smallest absolute Gasteiger partial charge is 0.142 e. The van der Waals surface area contributed by atoms with Crippen molar-refractivity contribution in [3.05, 3.63) is 64.2 Å². The molecule has 0 bridgehead atoms. The Hall–Kier alpha value is -3.07. The predicted molar refractivity (Wildman–Crippen MR) is 127 cm³/mol. The molecule has 3 aromatic heterocycles. The molecule has 4 heterocycles. The first-order chi connectivity index (χ1) is 15.2. The first-order valence-corrected chi connectivity index (χ1v) is 11.8. The summed E-state index contributed by atoms with van der Waals surface area (Å²) in [5.41, 5.74) is 6.21. The van der Waals surface area contributed by atoms with Gasteiger partial charge in [-0.05, 0) is 61.3 Å². The molecule has 0 fully saturated rings. The summed E-state index contributed by atoms with van der Waals surface area (Å²) in [6.07, 6.45) is 2.64. The summed E-state index contributed by atoms with van der Waals surface area (Å²) in [6, 6.07) is 12.1. The molecule has 154 valence electrons. The highest BCUT2D eigenvalue weighted by Gasteiger charge is 2.19. The number of thiazole rings is 1. The lowest BCUT2D eigenvalue weighted by atomic mass is 10.1. The van der Waals surface area contributed by atoms with E-state index in [1.807, 2.05) is 35.8 Å². The zero-order chi connectivity index (χ0) is 20.8. The molecule has 0 atom stereocenters. The third-order valence-corrected chi connectivity index (χ3v) is 7.43. The Morgan fingerprint density at radius 2 is 2.06 bits per heavy atom. The number of rotatable bonds is 4. The van der Waals surface area contributed by atoms with Crippen LogP contribution in [0.2, 0.25) is 0 Å². The third-order valence-electron chi connectivity index (χ3n) is 5.48. The van der Waals surface area contributed by atoms with Gasteiger partial charge in [-0.15, -0.1) is 22.7 Å². The molecule has 2 N–H and O–H groups in total. The lowest BCUT2D eigenvalue weighted by molar-refractivity contribution is 0.479. The lowest BCUT2D eigenvalue weighted by Gasteiger charge is -2.14. The van der Waals surface area contributed by atoms with Crippen molar-refractivity contribution in [2.45, 2.75) is 19.9 Å². The van der Waals surface area contributed by atoms with E-state index in [-0.39, 0.29) is 0 Å². The molecule has 2 aromatic carbocycles. The molecular weight excluding hydrogens is 426 g/mol. The van der Waals surface area contributed by atoms with E-state index in [0.717, 1.165) is 68.5 Å². The quantitative estimate of drug-likeness (QED) is 0.365. The van der Waals surface area contributed by atoms with E-state index in [2.05, 4.69) is 38.6 Å². The van der Waals surface area contributed by atoms with Gasteiger partial charge in [-0.1, -0.05) is 0 Å². The Kier molecular flexibility index (Phi) is 4.56. The van der Waals surface area contributed by atoms with Gasteiger partial charge in [0.05, 0.1) is 21.1 Å². The van der Waals surface area contributed by atoms with Gasteiger partial charge in [0.25, 0.3) is 0 Å².